The predicted octanol–water partition coefficient (Wildman–Crippen LogP) is 4.17. The molecule has 1 aliphatic heterocycles. The summed E-state index contributed by atoms with van der Waals surface area (Å²) < 4.78 is 19.1. The summed E-state index contributed by atoms with van der Waals surface area (Å²) in [5, 5.41) is 5.94. The highest BCUT2D eigenvalue weighted by atomic mass is 35.5. The molecule has 1 aliphatic rings. The molecule has 1 atom stereocenters. The Kier molecular flexibility index (Phi) is 7.62. The molecule has 0 radical (unpaired) electrons. The van der Waals surface area contributed by atoms with Crippen LogP contribution in [0.4, 0.5) is 15.8 Å². The number of anilines is 2. The Balaban J connectivity index is 1.27. The van der Waals surface area contributed by atoms with Crippen molar-refractivity contribution in [2.75, 3.05) is 23.4 Å². The number of nitrogens with one attached hydrogen (secondary N) is 2. The van der Waals surface area contributed by atoms with E-state index in [1.54, 1.807) is 47.4 Å². The fourth-order valence-corrected chi connectivity index (χ4v) is 3.81. The molecule has 2 N–H and O–H groups in total. The van der Waals surface area contributed by atoms with Gasteiger partial charge in [-0.2, -0.15) is 0 Å². The summed E-state index contributed by atoms with van der Waals surface area (Å²) in [7, 11) is 0. The Hall–Kier alpha value is -3.91. The van der Waals surface area contributed by atoms with Crippen LogP contribution >= 0.6 is 11.6 Å². The lowest BCUT2D eigenvalue weighted by atomic mass is 10.1. The van der Waals surface area contributed by atoms with Gasteiger partial charge in [0.1, 0.15) is 11.6 Å². The van der Waals surface area contributed by atoms with E-state index in [-0.39, 0.29) is 37.1 Å². The number of carbonyl (C=O) groups excluding carboxylic acids is 3. The van der Waals surface area contributed by atoms with Crippen LogP contribution in [0.25, 0.3) is 0 Å². The Bertz CT molecular complexity index is 1220. The topological polar surface area (TPSA) is 87.7 Å². The van der Waals surface area contributed by atoms with Gasteiger partial charge >= 0.3 is 0 Å². The van der Waals surface area contributed by atoms with E-state index in [4.69, 9.17) is 16.3 Å². The first-order valence-corrected chi connectivity index (χ1v) is 11.4. The molecule has 35 heavy (non-hydrogen) atoms. The van der Waals surface area contributed by atoms with Crippen molar-refractivity contribution in [3.8, 4) is 5.75 Å². The van der Waals surface area contributed by atoms with Gasteiger partial charge in [-0.15, -0.1) is 0 Å². The van der Waals surface area contributed by atoms with Gasteiger partial charge in [0.15, 0.2) is 6.61 Å². The third kappa shape index (κ3) is 6.36. The van der Waals surface area contributed by atoms with Crippen molar-refractivity contribution in [3.63, 3.8) is 0 Å². The quantitative estimate of drug-likeness (QED) is 0.491. The maximum absolute atomic E-state index is 13.6. The standard InChI is InChI=1S/C26H23ClFN3O4/c27-19-7-5-17(6-8-19)14-29-26(34)18-13-25(33)31(15-18)20-9-11-21(12-10-20)35-16-24(32)30-23-4-2-1-3-22(23)28/h1-12,18H,13-16H2,(H,29,34)(H,30,32)/t18-/m0/s1. The van der Waals surface area contributed by atoms with E-state index in [0.717, 1.165) is 5.56 Å². The number of benzene rings is 3. The molecule has 0 spiro atoms. The maximum atomic E-state index is 13.6. The van der Waals surface area contributed by atoms with Crippen LogP contribution in [0.5, 0.6) is 5.75 Å². The van der Waals surface area contributed by atoms with Gasteiger partial charge in [-0.3, -0.25) is 14.4 Å². The molecule has 3 aromatic carbocycles. The molecule has 0 aliphatic carbocycles. The lowest BCUT2D eigenvalue weighted by Crippen LogP contribution is -2.32. The van der Waals surface area contributed by atoms with Gasteiger partial charge in [0.25, 0.3) is 5.91 Å². The Labute approximate surface area is 206 Å². The summed E-state index contributed by atoms with van der Waals surface area (Å²) in [5.74, 6) is -1.39. The van der Waals surface area contributed by atoms with Crippen LogP contribution in [-0.2, 0) is 20.9 Å². The number of halogens is 2. The third-order valence-corrected chi connectivity index (χ3v) is 5.79. The summed E-state index contributed by atoms with van der Waals surface area (Å²) in [5.41, 5.74) is 1.63. The van der Waals surface area contributed by atoms with Gasteiger partial charge in [0, 0.05) is 30.2 Å². The molecule has 1 saturated heterocycles. The van der Waals surface area contributed by atoms with Gasteiger partial charge in [0.2, 0.25) is 11.8 Å². The second-order valence-electron chi connectivity index (χ2n) is 8.06. The van der Waals surface area contributed by atoms with E-state index in [2.05, 4.69) is 10.6 Å². The molecular formula is C26H23ClFN3O4. The Morgan fingerprint density at radius 3 is 2.46 bits per heavy atom. The summed E-state index contributed by atoms with van der Waals surface area (Å²) in [6.45, 7) is 0.333. The molecule has 7 nitrogen and oxygen atoms in total. The van der Waals surface area contributed by atoms with Crippen molar-refractivity contribution >= 4 is 40.7 Å². The van der Waals surface area contributed by atoms with Gasteiger partial charge in [-0.1, -0.05) is 35.9 Å². The first-order chi connectivity index (χ1) is 16.9. The summed E-state index contributed by atoms with van der Waals surface area (Å²) in [6.07, 6.45) is 0.126. The second kappa shape index (κ2) is 11.0. The number of hydrogen-bond donors (Lipinski definition) is 2. The summed E-state index contributed by atoms with van der Waals surface area (Å²) in [6, 6.07) is 19.7. The molecule has 1 heterocycles. The zero-order valence-corrected chi connectivity index (χ0v) is 19.4. The SMILES string of the molecule is O=C(COc1ccc(N2C[C@@H](C(=O)NCc3ccc(Cl)cc3)CC2=O)cc1)Nc1ccccc1F. The molecule has 0 aromatic heterocycles. The van der Waals surface area contributed by atoms with Gasteiger partial charge < -0.3 is 20.3 Å². The van der Waals surface area contributed by atoms with Crippen LogP contribution in [0, 0.1) is 11.7 Å². The molecule has 180 valence electrons. The molecule has 0 unspecified atom stereocenters. The molecule has 0 bridgehead atoms. The Morgan fingerprint density at radius 1 is 1.03 bits per heavy atom. The smallest absolute Gasteiger partial charge is 0.262 e. The van der Waals surface area contributed by atoms with Crippen LogP contribution in [0.3, 0.4) is 0 Å². The highest BCUT2D eigenvalue weighted by Crippen LogP contribution is 2.27. The van der Waals surface area contributed by atoms with Crippen LogP contribution in [0.15, 0.2) is 72.8 Å². The van der Waals surface area contributed by atoms with Gasteiger partial charge in [-0.25, -0.2) is 4.39 Å². The normalized spacial score (nSPS) is 15.1. The average molecular weight is 496 g/mol. The van der Waals surface area contributed by atoms with Crippen molar-refractivity contribution in [2.24, 2.45) is 5.92 Å². The fourth-order valence-electron chi connectivity index (χ4n) is 3.69. The van der Waals surface area contributed by atoms with Crippen LogP contribution in [0.1, 0.15) is 12.0 Å². The summed E-state index contributed by atoms with van der Waals surface area (Å²) >= 11 is 5.88. The highest BCUT2D eigenvalue weighted by Gasteiger charge is 2.35. The molecule has 9 heteroatoms. The van der Waals surface area contributed by atoms with Crippen molar-refractivity contribution in [3.05, 3.63) is 89.2 Å². The number of carbonyl (C=O) groups is 3. The molecule has 3 amide bonds. The molecule has 4 rings (SSSR count). The van der Waals surface area contributed by atoms with E-state index < -0.39 is 17.6 Å². The largest absolute Gasteiger partial charge is 0.484 e. The molecule has 3 aromatic rings. The number of amides is 3. The number of ether oxygens (including phenoxy) is 1. The molecule has 1 fully saturated rings. The van der Waals surface area contributed by atoms with E-state index in [0.29, 0.717) is 23.0 Å². The van der Waals surface area contributed by atoms with Gasteiger partial charge in [-0.05, 0) is 54.1 Å². The highest BCUT2D eigenvalue weighted by molar-refractivity contribution is 6.30. The van der Waals surface area contributed by atoms with Crippen molar-refractivity contribution in [1.29, 1.82) is 0 Å². The zero-order valence-electron chi connectivity index (χ0n) is 18.7. The van der Waals surface area contributed by atoms with Crippen LogP contribution in [0.2, 0.25) is 5.02 Å². The lowest BCUT2D eigenvalue weighted by Gasteiger charge is -2.17. The predicted molar refractivity (Wildman–Crippen MR) is 131 cm³/mol. The van der Waals surface area contributed by atoms with E-state index in [1.807, 2.05) is 12.1 Å². The van der Waals surface area contributed by atoms with E-state index in [9.17, 15) is 18.8 Å². The minimum Gasteiger partial charge on any atom is -0.484 e. The minimum atomic E-state index is -0.530. The average Bonchev–Trinajstić information content (AvgIpc) is 3.25. The van der Waals surface area contributed by atoms with Crippen molar-refractivity contribution in [1.82, 2.24) is 5.32 Å². The zero-order chi connectivity index (χ0) is 24.8. The summed E-state index contributed by atoms with van der Waals surface area (Å²) in [4.78, 5) is 38.7. The van der Waals surface area contributed by atoms with Crippen LogP contribution < -0.4 is 20.3 Å². The molecule has 0 saturated carbocycles. The number of rotatable bonds is 8. The van der Waals surface area contributed by atoms with Gasteiger partial charge in [0.05, 0.1) is 11.6 Å². The monoisotopic (exact) mass is 495 g/mol. The van der Waals surface area contributed by atoms with Crippen molar-refractivity contribution < 1.29 is 23.5 Å². The van der Waals surface area contributed by atoms with E-state index >= 15 is 0 Å². The number of para-hydroxylation sites is 1. The lowest BCUT2D eigenvalue weighted by molar-refractivity contribution is -0.126. The number of nitrogens with zero attached hydrogens (tertiary/aromatic N) is 1. The minimum absolute atomic E-state index is 0.0794. The van der Waals surface area contributed by atoms with Crippen molar-refractivity contribution in [2.45, 2.75) is 13.0 Å². The third-order valence-electron chi connectivity index (χ3n) is 5.54. The number of hydrogen-bond acceptors (Lipinski definition) is 4. The first kappa shape index (κ1) is 24.2. The fraction of sp³-hybridized carbons (Fsp3) is 0.192. The first-order valence-electron chi connectivity index (χ1n) is 11.0. The van der Waals surface area contributed by atoms with E-state index in [1.165, 1.54) is 18.2 Å². The van der Waals surface area contributed by atoms with Crippen LogP contribution in [-0.4, -0.2) is 30.9 Å². The Morgan fingerprint density at radius 2 is 1.74 bits per heavy atom. The maximum Gasteiger partial charge on any atom is 0.262 e. The molecular weight excluding hydrogens is 473 g/mol. The second-order valence-corrected chi connectivity index (χ2v) is 8.50.